The Hall–Kier alpha value is -1.06. The van der Waals surface area contributed by atoms with E-state index in [0.717, 1.165) is 25.9 Å². The van der Waals surface area contributed by atoms with E-state index >= 15 is 0 Å². The minimum atomic E-state index is 0.490. The molecule has 0 aromatic heterocycles. The fourth-order valence-corrected chi connectivity index (χ4v) is 4.08. The summed E-state index contributed by atoms with van der Waals surface area (Å²) in [5.74, 6) is 0.490. The number of nitrogens with zero attached hydrogens (tertiary/aromatic N) is 2. The van der Waals surface area contributed by atoms with Crippen molar-refractivity contribution in [1.82, 2.24) is 9.80 Å². The fourth-order valence-electron chi connectivity index (χ4n) is 4.08. The van der Waals surface area contributed by atoms with Gasteiger partial charge < -0.3 is 5.11 Å². The number of benzene rings is 1. The minimum absolute atomic E-state index is 0.490. The molecule has 1 heterocycles. The zero-order valence-electron chi connectivity index (χ0n) is 12.7. The quantitative estimate of drug-likeness (QED) is 0.914. The molecule has 0 radical (unpaired) electrons. The minimum Gasteiger partial charge on any atom is -0.508 e. The average molecular weight is 274 g/mol. The molecule has 110 valence electrons. The van der Waals surface area contributed by atoms with Gasteiger partial charge in [-0.25, -0.2) is 0 Å². The first-order valence-corrected chi connectivity index (χ1v) is 8.03. The second kappa shape index (κ2) is 5.74. The standard InChI is InChI=1S/C17H26N2O/c1-3-18(4-2)13-10-11-19(12-13)16-9-8-15-14(16)6-5-7-17(15)20/h5-7,13,16,20H,3-4,8-12H2,1-2H3. The Bertz CT molecular complexity index is 470. The summed E-state index contributed by atoms with van der Waals surface area (Å²) < 4.78 is 0. The zero-order chi connectivity index (χ0) is 14.1. The van der Waals surface area contributed by atoms with Gasteiger partial charge in [0.1, 0.15) is 5.75 Å². The largest absolute Gasteiger partial charge is 0.508 e. The van der Waals surface area contributed by atoms with Gasteiger partial charge in [-0.1, -0.05) is 26.0 Å². The van der Waals surface area contributed by atoms with E-state index < -0.39 is 0 Å². The van der Waals surface area contributed by atoms with Crippen LogP contribution in [0.1, 0.15) is 43.9 Å². The topological polar surface area (TPSA) is 26.7 Å². The van der Waals surface area contributed by atoms with Gasteiger partial charge in [0.25, 0.3) is 0 Å². The van der Waals surface area contributed by atoms with Crippen molar-refractivity contribution < 1.29 is 5.11 Å². The highest BCUT2D eigenvalue weighted by Crippen LogP contribution is 2.41. The molecule has 3 heteroatoms. The van der Waals surface area contributed by atoms with E-state index in [9.17, 15) is 5.11 Å². The predicted molar refractivity (Wildman–Crippen MR) is 82.1 cm³/mol. The van der Waals surface area contributed by atoms with Crippen LogP contribution >= 0.6 is 0 Å². The first-order valence-electron chi connectivity index (χ1n) is 8.03. The molecule has 1 fully saturated rings. The van der Waals surface area contributed by atoms with Gasteiger partial charge in [-0.15, -0.1) is 0 Å². The van der Waals surface area contributed by atoms with Crippen LogP contribution in [-0.2, 0) is 6.42 Å². The molecular weight excluding hydrogens is 248 g/mol. The van der Waals surface area contributed by atoms with Crippen LogP contribution in [0.3, 0.4) is 0 Å². The van der Waals surface area contributed by atoms with Crippen LogP contribution in [-0.4, -0.2) is 47.1 Å². The second-order valence-corrected chi connectivity index (χ2v) is 6.06. The van der Waals surface area contributed by atoms with Gasteiger partial charge in [-0.05, 0) is 49.5 Å². The van der Waals surface area contributed by atoms with Crippen molar-refractivity contribution in [2.75, 3.05) is 26.2 Å². The summed E-state index contributed by atoms with van der Waals surface area (Å²) in [6.07, 6.45) is 3.48. The highest BCUT2D eigenvalue weighted by atomic mass is 16.3. The molecule has 2 unspecified atom stereocenters. The predicted octanol–water partition coefficient (Wildman–Crippen LogP) is 2.80. The van der Waals surface area contributed by atoms with Crippen LogP contribution in [0.4, 0.5) is 0 Å². The summed E-state index contributed by atoms with van der Waals surface area (Å²) >= 11 is 0. The molecule has 2 aliphatic rings. The number of hydrogen-bond acceptors (Lipinski definition) is 3. The monoisotopic (exact) mass is 274 g/mol. The maximum Gasteiger partial charge on any atom is 0.119 e. The molecule has 2 atom stereocenters. The molecule has 1 N–H and O–H groups in total. The molecule has 0 bridgehead atoms. The molecule has 1 aromatic rings. The number of hydrogen-bond donors (Lipinski definition) is 1. The zero-order valence-corrected chi connectivity index (χ0v) is 12.7. The van der Waals surface area contributed by atoms with E-state index in [1.54, 1.807) is 0 Å². The van der Waals surface area contributed by atoms with Gasteiger partial charge in [0, 0.05) is 25.2 Å². The third-order valence-electron chi connectivity index (χ3n) is 5.18. The fraction of sp³-hybridized carbons (Fsp3) is 0.647. The van der Waals surface area contributed by atoms with E-state index in [0.29, 0.717) is 17.8 Å². The maximum atomic E-state index is 9.98. The Kier molecular flexibility index (Phi) is 3.99. The highest BCUT2D eigenvalue weighted by Gasteiger charge is 2.35. The van der Waals surface area contributed by atoms with Crippen LogP contribution in [0.5, 0.6) is 5.75 Å². The van der Waals surface area contributed by atoms with Crippen molar-refractivity contribution in [3.63, 3.8) is 0 Å². The highest BCUT2D eigenvalue weighted by molar-refractivity contribution is 5.44. The summed E-state index contributed by atoms with van der Waals surface area (Å²) in [6, 6.07) is 7.26. The van der Waals surface area contributed by atoms with Gasteiger partial charge >= 0.3 is 0 Å². The van der Waals surface area contributed by atoms with E-state index in [1.165, 1.54) is 30.6 Å². The van der Waals surface area contributed by atoms with Gasteiger partial charge in [-0.3, -0.25) is 9.80 Å². The first-order chi connectivity index (χ1) is 9.74. The van der Waals surface area contributed by atoms with E-state index in [-0.39, 0.29) is 0 Å². The Labute approximate surface area is 122 Å². The normalized spacial score (nSPS) is 26.4. The van der Waals surface area contributed by atoms with Crippen LogP contribution in [0.2, 0.25) is 0 Å². The lowest BCUT2D eigenvalue weighted by Crippen LogP contribution is -2.37. The lowest BCUT2D eigenvalue weighted by atomic mass is 10.1. The van der Waals surface area contributed by atoms with Crippen molar-refractivity contribution >= 4 is 0 Å². The number of fused-ring (bicyclic) bond motifs is 1. The Morgan fingerprint density at radius 1 is 1.25 bits per heavy atom. The van der Waals surface area contributed by atoms with Crippen LogP contribution in [0, 0.1) is 0 Å². The molecule has 1 aliphatic carbocycles. The van der Waals surface area contributed by atoms with Crippen LogP contribution in [0.15, 0.2) is 18.2 Å². The van der Waals surface area contributed by atoms with Gasteiger partial charge in [0.2, 0.25) is 0 Å². The number of phenols is 1. The third kappa shape index (κ3) is 2.33. The molecule has 1 aromatic carbocycles. The van der Waals surface area contributed by atoms with Crippen molar-refractivity contribution in [2.45, 2.75) is 45.2 Å². The molecule has 0 saturated carbocycles. The van der Waals surface area contributed by atoms with Gasteiger partial charge in [0.05, 0.1) is 0 Å². The Morgan fingerprint density at radius 2 is 2.05 bits per heavy atom. The number of likely N-dealkylation sites (tertiary alicyclic amines) is 1. The second-order valence-electron chi connectivity index (χ2n) is 6.06. The van der Waals surface area contributed by atoms with Crippen LogP contribution in [0.25, 0.3) is 0 Å². The van der Waals surface area contributed by atoms with Crippen molar-refractivity contribution in [2.24, 2.45) is 0 Å². The lowest BCUT2D eigenvalue weighted by molar-refractivity contribution is 0.187. The molecule has 1 saturated heterocycles. The smallest absolute Gasteiger partial charge is 0.119 e. The molecule has 20 heavy (non-hydrogen) atoms. The average Bonchev–Trinajstić information content (AvgIpc) is 3.07. The van der Waals surface area contributed by atoms with Crippen molar-refractivity contribution in [3.8, 4) is 5.75 Å². The molecule has 3 rings (SSSR count). The van der Waals surface area contributed by atoms with E-state index in [1.807, 2.05) is 12.1 Å². The lowest BCUT2D eigenvalue weighted by Gasteiger charge is -2.28. The Balaban J connectivity index is 1.73. The van der Waals surface area contributed by atoms with Gasteiger partial charge in [0.15, 0.2) is 0 Å². The number of likely N-dealkylation sites (N-methyl/N-ethyl adjacent to an activating group) is 1. The number of phenolic OH excluding ortho intramolecular Hbond substituents is 1. The molecule has 0 spiro atoms. The SMILES string of the molecule is CCN(CC)C1CCN(C2CCc3c(O)cccc32)C1. The summed E-state index contributed by atoms with van der Waals surface area (Å²) in [7, 11) is 0. The third-order valence-corrected chi connectivity index (χ3v) is 5.18. The van der Waals surface area contributed by atoms with Crippen molar-refractivity contribution in [3.05, 3.63) is 29.3 Å². The first kappa shape index (κ1) is 13.9. The van der Waals surface area contributed by atoms with Gasteiger partial charge in [-0.2, -0.15) is 0 Å². The molecule has 1 aliphatic heterocycles. The number of rotatable bonds is 4. The summed E-state index contributed by atoms with van der Waals surface area (Å²) in [5.41, 5.74) is 2.55. The molecule has 3 nitrogen and oxygen atoms in total. The molecular formula is C17H26N2O. The maximum absolute atomic E-state index is 9.98. The van der Waals surface area contributed by atoms with E-state index in [4.69, 9.17) is 0 Å². The van der Waals surface area contributed by atoms with Crippen LogP contribution < -0.4 is 0 Å². The number of aromatic hydroxyl groups is 1. The van der Waals surface area contributed by atoms with Crippen molar-refractivity contribution in [1.29, 1.82) is 0 Å². The van der Waals surface area contributed by atoms with E-state index in [2.05, 4.69) is 29.7 Å². The Morgan fingerprint density at radius 3 is 2.80 bits per heavy atom. The summed E-state index contributed by atoms with van der Waals surface area (Å²) in [4.78, 5) is 5.21. The molecule has 0 amide bonds. The summed E-state index contributed by atoms with van der Waals surface area (Å²) in [6.45, 7) is 9.20. The summed E-state index contributed by atoms with van der Waals surface area (Å²) in [5, 5.41) is 9.98.